The number of nitro benzene ring substituents is 1. The molecule has 0 saturated heterocycles. The molecule has 20 heavy (non-hydrogen) atoms. The number of anilines is 2. The monoisotopic (exact) mass is 281 g/mol. The van der Waals surface area contributed by atoms with E-state index >= 15 is 0 Å². The number of hydrogen-bond acceptors (Lipinski definition) is 6. The molecule has 0 saturated carbocycles. The van der Waals surface area contributed by atoms with Gasteiger partial charge in [0.25, 0.3) is 5.69 Å². The SMILES string of the molecule is CC(C)C(CN(C)C)Nc1cc(NN)cc([N+](=O)[O-])c1. The van der Waals surface area contributed by atoms with Gasteiger partial charge in [-0.2, -0.15) is 0 Å². The van der Waals surface area contributed by atoms with Crippen molar-refractivity contribution in [2.75, 3.05) is 31.4 Å². The number of nitrogens with one attached hydrogen (secondary N) is 2. The van der Waals surface area contributed by atoms with Crippen LogP contribution in [0.5, 0.6) is 0 Å². The Hall–Kier alpha value is -1.86. The average Bonchev–Trinajstić information content (AvgIpc) is 2.36. The van der Waals surface area contributed by atoms with Crippen LogP contribution in [0, 0.1) is 16.0 Å². The van der Waals surface area contributed by atoms with Crippen LogP contribution in [0.2, 0.25) is 0 Å². The Morgan fingerprint density at radius 3 is 2.35 bits per heavy atom. The standard InChI is InChI=1S/C13H23N5O2/c1-9(2)13(8-17(3)4)15-10-5-11(16-14)7-12(6-10)18(19)20/h5-7,9,13,15-16H,8,14H2,1-4H3. The van der Waals surface area contributed by atoms with Gasteiger partial charge in [-0.15, -0.1) is 0 Å². The summed E-state index contributed by atoms with van der Waals surface area (Å²) in [6, 6.07) is 4.88. The lowest BCUT2D eigenvalue weighted by molar-refractivity contribution is -0.384. The molecule has 0 heterocycles. The molecule has 4 N–H and O–H groups in total. The summed E-state index contributed by atoms with van der Waals surface area (Å²) >= 11 is 0. The summed E-state index contributed by atoms with van der Waals surface area (Å²) in [6.07, 6.45) is 0. The molecule has 112 valence electrons. The van der Waals surface area contributed by atoms with E-state index in [1.165, 1.54) is 12.1 Å². The number of benzene rings is 1. The van der Waals surface area contributed by atoms with E-state index in [1.54, 1.807) is 6.07 Å². The first kappa shape index (κ1) is 16.2. The van der Waals surface area contributed by atoms with Crippen molar-refractivity contribution < 1.29 is 4.92 Å². The lowest BCUT2D eigenvalue weighted by Gasteiger charge is -2.26. The molecule has 0 aliphatic carbocycles. The summed E-state index contributed by atoms with van der Waals surface area (Å²) in [6.45, 7) is 5.06. The van der Waals surface area contributed by atoms with Gasteiger partial charge >= 0.3 is 0 Å². The van der Waals surface area contributed by atoms with E-state index in [9.17, 15) is 10.1 Å². The fourth-order valence-corrected chi connectivity index (χ4v) is 1.91. The highest BCUT2D eigenvalue weighted by Crippen LogP contribution is 2.25. The molecule has 1 rings (SSSR count). The molecule has 0 aliphatic rings. The predicted molar refractivity (Wildman–Crippen MR) is 81.7 cm³/mol. The molecule has 0 radical (unpaired) electrons. The van der Waals surface area contributed by atoms with Crippen LogP contribution in [-0.4, -0.2) is 36.5 Å². The largest absolute Gasteiger partial charge is 0.380 e. The molecule has 0 spiro atoms. The smallest absolute Gasteiger partial charge is 0.273 e. The van der Waals surface area contributed by atoms with Crippen LogP contribution >= 0.6 is 0 Å². The number of nitrogens with zero attached hydrogens (tertiary/aromatic N) is 2. The van der Waals surface area contributed by atoms with Crippen LogP contribution < -0.4 is 16.6 Å². The fourth-order valence-electron chi connectivity index (χ4n) is 1.91. The summed E-state index contributed by atoms with van der Waals surface area (Å²) in [7, 11) is 3.99. The van der Waals surface area contributed by atoms with Crippen molar-refractivity contribution in [1.82, 2.24) is 4.90 Å². The number of nitro groups is 1. The Balaban J connectivity index is 2.99. The zero-order valence-electron chi connectivity index (χ0n) is 12.4. The van der Waals surface area contributed by atoms with Gasteiger partial charge in [0.1, 0.15) is 0 Å². The zero-order chi connectivity index (χ0) is 15.3. The van der Waals surface area contributed by atoms with E-state index in [-0.39, 0.29) is 11.7 Å². The number of nitrogen functional groups attached to an aromatic ring is 1. The third kappa shape index (κ3) is 4.67. The molecule has 0 amide bonds. The fraction of sp³-hybridized carbons (Fsp3) is 0.538. The minimum atomic E-state index is -0.428. The van der Waals surface area contributed by atoms with Gasteiger partial charge in [0, 0.05) is 30.4 Å². The molecule has 0 aromatic heterocycles. The van der Waals surface area contributed by atoms with Crippen molar-refractivity contribution >= 4 is 17.1 Å². The number of hydrazine groups is 1. The molecule has 1 aromatic rings. The Kier molecular flexibility index (Phi) is 5.72. The van der Waals surface area contributed by atoms with Crippen molar-refractivity contribution in [3.8, 4) is 0 Å². The third-order valence-corrected chi connectivity index (χ3v) is 3.01. The molecule has 0 aliphatic heterocycles. The summed E-state index contributed by atoms with van der Waals surface area (Å²) in [4.78, 5) is 12.6. The van der Waals surface area contributed by atoms with Gasteiger partial charge in [0.05, 0.1) is 10.6 Å². The second-order valence-electron chi connectivity index (χ2n) is 5.43. The van der Waals surface area contributed by atoms with Gasteiger partial charge < -0.3 is 15.6 Å². The Morgan fingerprint density at radius 1 is 1.30 bits per heavy atom. The molecule has 1 atom stereocenters. The summed E-state index contributed by atoms with van der Waals surface area (Å²) in [5.74, 6) is 5.74. The summed E-state index contributed by atoms with van der Waals surface area (Å²) in [5.41, 5.74) is 3.66. The first-order chi connectivity index (χ1) is 9.33. The molecular weight excluding hydrogens is 258 g/mol. The average molecular weight is 281 g/mol. The van der Waals surface area contributed by atoms with E-state index in [0.29, 0.717) is 17.3 Å². The van der Waals surface area contributed by atoms with Gasteiger partial charge in [0.15, 0.2) is 0 Å². The molecule has 0 fully saturated rings. The van der Waals surface area contributed by atoms with Gasteiger partial charge in [0.2, 0.25) is 0 Å². The van der Waals surface area contributed by atoms with Crippen LogP contribution in [0.3, 0.4) is 0 Å². The normalized spacial score (nSPS) is 12.6. The molecule has 7 nitrogen and oxygen atoms in total. The maximum Gasteiger partial charge on any atom is 0.273 e. The van der Waals surface area contributed by atoms with E-state index < -0.39 is 4.92 Å². The van der Waals surface area contributed by atoms with Crippen molar-refractivity contribution in [2.45, 2.75) is 19.9 Å². The van der Waals surface area contributed by atoms with Gasteiger partial charge in [-0.25, -0.2) is 0 Å². The zero-order valence-corrected chi connectivity index (χ0v) is 12.4. The van der Waals surface area contributed by atoms with E-state index in [4.69, 9.17) is 5.84 Å². The Bertz CT molecular complexity index is 462. The van der Waals surface area contributed by atoms with E-state index in [1.807, 2.05) is 14.1 Å². The quantitative estimate of drug-likeness (QED) is 0.401. The lowest BCUT2D eigenvalue weighted by Crippen LogP contribution is -2.36. The first-order valence-electron chi connectivity index (χ1n) is 6.51. The molecule has 1 unspecified atom stereocenters. The topological polar surface area (TPSA) is 96.5 Å². The maximum atomic E-state index is 10.9. The van der Waals surface area contributed by atoms with Crippen molar-refractivity contribution in [2.24, 2.45) is 11.8 Å². The van der Waals surface area contributed by atoms with E-state index in [0.717, 1.165) is 6.54 Å². The first-order valence-corrected chi connectivity index (χ1v) is 6.51. The highest BCUT2D eigenvalue weighted by Gasteiger charge is 2.16. The van der Waals surface area contributed by atoms with Crippen LogP contribution in [-0.2, 0) is 0 Å². The summed E-state index contributed by atoms with van der Waals surface area (Å²) < 4.78 is 0. The highest BCUT2D eigenvalue weighted by atomic mass is 16.6. The van der Waals surface area contributed by atoms with Crippen LogP contribution in [0.1, 0.15) is 13.8 Å². The predicted octanol–water partition coefficient (Wildman–Crippen LogP) is 1.88. The summed E-state index contributed by atoms with van der Waals surface area (Å²) in [5, 5.41) is 14.3. The van der Waals surface area contributed by atoms with Gasteiger partial charge in [-0.3, -0.25) is 16.0 Å². The number of rotatable bonds is 7. The molecular formula is C13H23N5O2. The third-order valence-electron chi connectivity index (χ3n) is 3.01. The molecule has 0 bridgehead atoms. The maximum absolute atomic E-state index is 10.9. The van der Waals surface area contributed by atoms with Crippen molar-refractivity contribution in [1.29, 1.82) is 0 Å². The Morgan fingerprint density at radius 2 is 1.90 bits per heavy atom. The second-order valence-corrected chi connectivity index (χ2v) is 5.43. The van der Waals surface area contributed by atoms with Gasteiger partial charge in [-0.1, -0.05) is 13.8 Å². The van der Waals surface area contributed by atoms with Crippen molar-refractivity contribution in [3.05, 3.63) is 28.3 Å². The van der Waals surface area contributed by atoms with Crippen LogP contribution in [0.15, 0.2) is 18.2 Å². The number of likely N-dealkylation sites (N-methyl/N-ethyl adjacent to an activating group) is 1. The number of hydrogen-bond donors (Lipinski definition) is 3. The van der Waals surface area contributed by atoms with Crippen LogP contribution in [0.4, 0.5) is 17.1 Å². The van der Waals surface area contributed by atoms with Crippen LogP contribution in [0.25, 0.3) is 0 Å². The number of nitrogens with two attached hydrogens (primary N) is 1. The molecule has 7 heteroatoms. The molecule has 1 aromatic carbocycles. The highest BCUT2D eigenvalue weighted by molar-refractivity contribution is 5.63. The van der Waals surface area contributed by atoms with E-state index in [2.05, 4.69) is 29.5 Å². The van der Waals surface area contributed by atoms with Gasteiger partial charge in [-0.05, 0) is 26.1 Å². The minimum absolute atomic E-state index is 0.00955. The van der Waals surface area contributed by atoms with Crippen molar-refractivity contribution in [3.63, 3.8) is 0 Å². The minimum Gasteiger partial charge on any atom is -0.380 e. The second kappa shape index (κ2) is 7.06. The number of non-ortho nitro benzene ring substituents is 1. The lowest BCUT2D eigenvalue weighted by atomic mass is 10.0. The Labute approximate surface area is 119 Å².